The second-order valence-corrected chi connectivity index (χ2v) is 4.59. The Bertz CT molecular complexity index is 705. The van der Waals surface area contributed by atoms with E-state index in [0.717, 1.165) is 5.56 Å². The van der Waals surface area contributed by atoms with Gasteiger partial charge in [0.1, 0.15) is 6.42 Å². The topological polar surface area (TPSA) is 82.0 Å². The van der Waals surface area contributed by atoms with Gasteiger partial charge in [0.05, 0.1) is 6.07 Å². The average Bonchev–Trinajstić information content (AvgIpc) is 2.55. The van der Waals surface area contributed by atoms with E-state index in [2.05, 4.69) is 10.6 Å². The third-order valence-electron chi connectivity index (χ3n) is 3.01. The lowest BCUT2D eigenvalue weighted by Crippen LogP contribution is -2.23. The second kappa shape index (κ2) is 7.60. The first-order valence-electron chi connectivity index (χ1n) is 6.78. The molecule has 0 bridgehead atoms. The summed E-state index contributed by atoms with van der Waals surface area (Å²) in [6.07, 6.45) is -0.204. The molecule has 2 rings (SSSR count). The number of nitrogens with zero attached hydrogens (tertiary/aromatic N) is 1. The number of nitrogens with one attached hydrogen (secondary N) is 2. The standard InChI is InChI=1S/C17H15N3O2/c18-11-10-16(21)20-15-9-5-4-8-14(15)12-19-17(22)13-6-2-1-3-7-13/h1-9H,10,12H2,(H,19,22)(H,20,21). The van der Waals surface area contributed by atoms with Crippen LogP contribution in [0.25, 0.3) is 0 Å². The van der Waals surface area contributed by atoms with Crippen molar-refractivity contribution in [3.05, 3.63) is 65.7 Å². The molecule has 22 heavy (non-hydrogen) atoms. The maximum atomic E-state index is 12.0. The highest BCUT2D eigenvalue weighted by Crippen LogP contribution is 2.15. The number of para-hydroxylation sites is 1. The van der Waals surface area contributed by atoms with Crippen molar-refractivity contribution in [2.75, 3.05) is 5.32 Å². The molecule has 0 radical (unpaired) electrons. The molecular formula is C17H15N3O2. The summed E-state index contributed by atoms with van der Waals surface area (Å²) in [5, 5.41) is 14.0. The maximum Gasteiger partial charge on any atom is 0.251 e. The first kappa shape index (κ1) is 15.3. The molecule has 0 spiro atoms. The molecule has 0 fully saturated rings. The molecule has 5 heteroatoms. The second-order valence-electron chi connectivity index (χ2n) is 4.59. The summed E-state index contributed by atoms with van der Waals surface area (Å²) in [7, 11) is 0. The SMILES string of the molecule is N#CCC(=O)Nc1ccccc1CNC(=O)c1ccccc1. The minimum Gasteiger partial charge on any atom is -0.348 e. The summed E-state index contributed by atoms with van der Waals surface area (Å²) in [5.41, 5.74) is 1.95. The van der Waals surface area contributed by atoms with E-state index in [1.54, 1.807) is 42.5 Å². The molecule has 0 unspecified atom stereocenters. The number of carbonyl (C=O) groups is 2. The van der Waals surface area contributed by atoms with E-state index in [9.17, 15) is 9.59 Å². The molecule has 0 aromatic heterocycles. The molecule has 0 aliphatic heterocycles. The number of anilines is 1. The Hall–Kier alpha value is -3.13. The molecule has 0 saturated carbocycles. The summed E-state index contributed by atoms with van der Waals surface area (Å²) in [6, 6.07) is 17.9. The van der Waals surface area contributed by atoms with Crippen LogP contribution in [0, 0.1) is 11.3 Å². The molecule has 0 aliphatic carbocycles. The highest BCUT2D eigenvalue weighted by atomic mass is 16.2. The molecule has 0 heterocycles. The van der Waals surface area contributed by atoms with Crippen LogP contribution in [0.15, 0.2) is 54.6 Å². The van der Waals surface area contributed by atoms with Crippen LogP contribution in [-0.4, -0.2) is 11.8 Å². The quantitative estimate of drug-likeness (QED) is 0.888. The predicted molar refractivity (Wildman–Crippen MR) is 82.9 cm³/mol. The Morgan fingerprint density at radius 2 is 1.68 bits per heavy atom. The zero-order chi connectivity index (χ0) is 15.8. The number of amides is 2. The summed E-state index contributed by atoms with van der Waals surface area (Å²) >= 11 is 0. The van der Waals surface area contributed by atoms with Crippen molar-refractivity contribution in [1.82, 2.24) is 5.32 Å². The maximum absolute atomic E-state index is 12.0. The van der Waals surface area contributed by atoms with Gasteiger partial charge in [-0.05, 0) is 23.8 Å². The first-order chi connectivity index (χ1) is 10.7. The van der Waals surface area contributed by atoms with Crippen molar-refractivity contribution in [1.29, 1.82) is 5.26 Å². The van der Waals surface area contributed by atoms with Gasteiger partial charge in [-0.25, -0.2) is 0 Å². The summed E-state index contributed by atoms with van der Waals surface area (Å²) < 4.78 is 0. The van der Waals surface area contributed by atoms with Gasteiger partial charge in [-0.2, -0.15) is 5.26 Å². The first-order valence-corrected chi connectivity index (χ1v) is 6.78. The summed E-state index contributed by atoms with van der Waals surface area (Å²) in [5.74, 6) is -0.553. The molecule has 0 atom stereocenters. The fourth-order valence-corrected chi connectivity index (χ4v) is 1.93. The molecule has 110 valence electrons. The molecule has 2 N–H and O–H groups in total. The number of hydrogen-bond donors (Lipinski definition) is 2. The normalized spacial score (nSPS) is 9.59. The van der Waals surface area contributed by atoms with Gasteiger partial charge >= 0.3 is 0 Å². The van der Waals surface area contributed by atoms with Crippen LogP contribution in [0.5, 0.6) is 0 Å². The highest BCUT2D eigenvalue weighted by molar-refractivity contribution is 5.95. The van der Waals surface area contributed by atoms with Crippen LogP contribution in [-0.2, 0) is 11.3 Å². The monoisotopic (exact) mass is 293 g/mol. The van der Waals surface area contributed by atoms with Gasteiger partial charge in [0.2, 0.25) is 5.91 Å². The van der Waals surface area contributed by atoms with E-state index >= 15 is 0 Å². The van der Waals surface area contributed by atoms with Crippen LogP contribution in [0.1, 0.15) is 22.3 Å². The van der Waals surface area contributed by atoms with Crippen molar-refractivity contribution >= 4 is 17.5 Å². The van der Waals surface area contributed by atoms with Gasteiger partial charge in [-0.1, -0.05) is 36.4 Å². The number of rotatable bonds is 5. The van der Waals surface area contributed by atoms with E-state index < -0.39 is 0 Å². The zero-order valence-electron chi connectivity index (χ0n) is 11.9. The van der Waals surface area contributed by atoms with Crippen LogP contribution in [0.4, 0.5) is 5.69 Å². The lowest BCUT2D eigenvalue weighted by Gasteiger charge is -2.11. The largest absolute Gasteiger partial charge is 0.348 e. The summed E-state index contributed by atoms with van der Waals surface area (Å²) in [4.78, 5) is 23.5. The molecule has 5 nitrogen and oxygen atoms in total. The Labute approximate surface area is 128 Å². The number of benzene rings is 2. The Morgan fingerprint density at radius 3 is 2.41 bits per heavy atom. The fraction of sp³-hybridized carbons (Fsp3) is 0.118. The van der Waals surface area contributed by atoms with E-state index in [-0.39, 0.29) is 24.8 Å². The smallest absolute Gasteiger partial charge is 0.251 e. The average molecular weight is 293 g/mol. The van der Waals surface area contributed by atoms with Gasteiger partial charge in [0, 0.05) is 17.8 Å². The molecule has 0 aliphatic rings. The van der Waals surface area contributed by atoms with Crippen LogP contribution >= 0.6 is 0 Å². The lowest BCUT2D eigenvalue weighted by molar-refractivity contribution is -0.115. The van der Waals surface area contributed by atoms with Crippen LogP contribution in [0.2, 0.25) is 0 Å². The minimum atomic E-state index is -0.371. The van der Waals surface area contributed by atoms with Gasteiger partial charge in [0.15, 0.2) is 0 Å². The Balaban J connectivity index is 2.03. The van der Waals surface area contributed by atoms with E-state index in [0.29, 0.717) is 11.3 Å². The van der Waals surface area contributed by atoms with Crippen molar-refractivity contribution in [2.45, 2.75) is 13.0 Å². The molecule has 2 aromatic rings. The van der Waals surface area contributed by atoms with E-state index in [1.807, 2.05) is 18.2 Å². The molecular weight excluding hydrogens is 278 g/mol. The Kier molecular flexibility index (Phi) is 5.27. The van der Waals surface area contributed by atoms with Crippen molar-refractivity contribution in [3.63, 3.8) is 0 Å². The molecule has 2 aromatic carbocycles. The fourth-order valence-electron chi connectivity index (χ4n) is 1.93. The number of carbonyl (C=O) groups excluding carboxylic acids is 2. The van der Waals surface area contributed by atoms with Crippen LogP contribution in [0.3, 0.4) is 0 Å². The third-order valence-corrected chi connectivity index (χ3v) is 3.01. The van der Waals surface area contributed by atoms with Gasteiger partial charge < -0.3 is 10.6 Å². The number of nitriles is 1. The highest BCUT2D eigenvalue weighted by Gasteiger charge is 2.08. The van der Waals surface area contributed by atoms with Gasteiger partial charge in [-0.3, -0.25) is 9.59 Å². The lowest BCUT2D eigenvalue weighted by atomic mass is 10.1. The third kappa shape index (κ3) is 4.18. The Morgan fingerprint density at radius 1 is 1.00 bits per heavy atom. The van der Waals surface area contributed by atoms with Crippen molar-refractivity contribution in [3.8, 4) is 6.07 Å². The van der Waals surface area contributed by atoms with Crippen LogP contribution < -0.4 is 10.6 Å². The van der Waals surface area contributed by atoms with Crippen molar-refractivity contribution in [2.24, 2.45) is 0 Å². The van der Waals surface area contributed by atoms with E-state index in [4.69, 9.17) is 5.26 Å². The zero-order valence-corrected chi connectivity index (χ0v) is 11.9. The summed E-state index contributed by atoms with van der Waals surface area (Å²) in [6.45, 7) is 0.288. The van der Waals surface area contributed by atoms with E-state index in [1.165, 1.54) is 0 Å². The molecule has 2 amide bonds. The predicted octanol–water partition coefficient (Wildman–Crippen LogP) is 2.47. The number of hydrogen-bond acceptors (Lipinski definition) is 3. The van der Waals surface area contributed by atoms with Gasteiger partial charge in [0.25, 0.3) is 5.91 Å². The van der Waals surface area contributed by atoms with Gasteiger partial charge in [-0.15, -0.1) is 0 Å². The van der Waals surface area contributed by atoms with Crippen molar-refractivity contribution < 1.29 is 9.59 Å². The minimum absolute atomic E-state index is 0.182. The molecule has 0 saturated heterocycles.